The van der Waals surface area contributed by atoms with Crippen LogP contribution in [0.5, 0.6) is 0 Å². The van der Waals surface area contributed by atoms with Gasteiger partial charge in [0.05, 0.1) is 6.04 Å². The second-order valence-corrected chi connectivity index (χ2v) is 3.65. The van der Waals surface area contributed by atoms with Gasteiger partial charge in [-0.15, -0.1) is 0 Å². The fourth-order valence-corrected chi connectivity index (χ4v) is 1.02. The lowest BCUT2D eigenvalue weighted by Gasteiger charge is -2.08. The van der Waals surface area contributed by atoms with Crippen LogP contribution in [0.4, 0.5) is 0 Å². The van der Waals surface area contributed by atoms with E-state index in [0.29, 0.717) is 13.1 Å². The maximum atomic E-state index is 11.1. The monoisotopic (exact) mass is 199 g/mol. The van der Waals surface area contributed by atoms with Crippen LogP contribution in [0.15, 0.2) is 0 Å². The van der Waals surface area contributed by atoms with Gasteiger partial charge in [-0.2, -0.15) is 0 Å². The van der Waals surface area contributed by atoms with Crippen LogP contribution >= 0.6 is 0 Å². The number of carbonyl (C=O) groups excluding carboxylic acids is 2. The quantitative estimate of drug-likeness (QED) is 0.495. The van der Waals surface area contributed by atoms with Crippen molar-refractivity contribution >= 4 is 11.8 Å². The van der Waals surface area contributed by atoms with E-state index in [1.807, 2.05) is 0 Å². The lowest BCUT2D eigenvalue weighted by Crippen LogP contribution is -2.42. The third-order valence-corrected chi connectivity index (χ3v) is 2.09. The van der Waals surface area contributed by atoms with E-state index in [-0.39, 0.29) is 17.7 Å². The fraction of sp³-hybridized carbons (Fsp3) is 0.778. The molecule has 2 amide bonds. The van der Waals surface area contributed by atoms with Gasteiger partial charge in [-0.25, -0.2) is 0 Å². The molecule has 0 radical (unpaired) electrons. The van der Waals surface area contributed by atoms with Crippen molar-refractivity contribution in [3.05, 3.63) is 0 Å². The average Bonchev–Trinajstić information content (AvgIpc) is 2.94. The van der Waals surface area contributed by atoms with E-state index in [4.69, 9.17) is 5.73 Å². The summed E-state index contributed by atoms with van der Waals surface area (Å²) >= 11 is 0. The van der Waals surface area contributed by atoms with Gasteiger partial charge in [-0.05, 0) is 19.8 Å². The van der Waals surface area contributed by atoms with Crippen molar-refractivity contribution in [3.63, 3.8) is 0 Å². The highest BCUT2D eigenvalue weighted by Gasteiger charge is 2.28. The molecule has 1 fully saturated rings. The molecule has 5 nitrogen and oxygen atoms in total. The first-order chi connectivity index (χ1) is 6.61. The summed E-state index contributed by atoms with van der Waals surface area (Å²) in [6.07, 6.45) is 2.00. The molecule has 1 aliphatic rings. The molecule has 0 aromatic rings. The number of nitrogens with one attached hydrogen (secondary N) is 2. The molecule has 1 atom stereocenters. The van der Waals surface area contributed by atoms with Gasteiger partial charge in [0.15, 0.2) is 0 Å². The Kier molecular flexibility index (Phi) is 3.88. The number of hydrogen-bond acceptors (Lipinski definition) is 3. The van der Waals surface area contributed by atoms with E-state index >= 15 is 0 Å². The number of nitrogens with two attached hydrogens (primary N) is 1. The number of rotatable bonds is 5. The van der Waals surface area contributed by atoms with Gasteiger partial charge in [0.25, 0.3) is 0 Å². The van der Waals surface area contributed by atoms with E-state index in [1.165, 1.54) is 0 Å². The summed E-state index contributed by atoms with van der Waals surface area (Å²) in [6.45, 7) is 2.55. The van der Waals surface area contributed by atoms with Gasteiger partial charge in [0.2, 0.25) is 11.8 Å². The van der Waals surface area contributed by atoms with Crippen LogP contribution in [-0.4, -0.2) is 30.9 Å². The van der Waals surface area contributed by atoms with Crippen molar-refractivity contribution in [1.82, 2.24) is 10.6 Å². The third kappa shape index (κ3) is 3.74. The molecule has 0 spiro atoms. The lowest BCUT2D eigenvalue weighted by atomic mass is 10.3. The largest absolute Gasteiger partial charge is 0.354 e. The van der Waals surface area contributed by atoms with Crippen molar-refractivity contribution in [2.75, 3.05) is 13.1 Å². The maximum Gasteiger partial charge on any atom is 0.236 e. The second kappa shape index (κ2) is 4.95. The first-order valence-electron chi connectivity index (χ1n) is 4.92. The zero-order valence-corrected chi connectivity index (χ0v) is 8.38. The zero-order chi connectivity index (χ0) is 10.6. The normalized spacial score (nSPS) is 17.3. The highest BCUT2D eigenvalue weighted by atomic mass is 16.2. The molecular formula is C9H17N3O2. The van der Waals surface area contributed by atoms with Crippen LogP contribution in [0.2, 0.25) is 0 Å². The van der Waals surface area contributed by atoms with Gasteiger partial charge in [0.1, 0.15) is 0 Å². The van der Waals surface area contributed by atoms with Crippen LogP contribution in [0.25, 0.3) is 0 Å². The Morgan fingerprint density at radius 2 is 1.93 bits per heavy atom. The van der Waals surface area contributed by atoms with Crippen molar-refractivity contribution in [2.24, 2.45) is 11.7 Å². The Balaban J connectivity index is 1.98. The molecule has 0 saturated heterocycles. The summed E-state index contributed by atoms with van der Waals surface area (Å²) < 4.78 is 0. The number of carbonyl (C=O) groups is 2. The summed E-state index contributed by atoms with van der Waals surface area (Å²) in [5, 5.41) is 5.36. The van der Waals surface area contributed by atoms with E-state index in [1.54, 1.807) is 6.92 Å². The van der Waals surface area contributed by atoms with Crippen molar-refractivity contribution in [1.29, 1.82) is 0 Å². The Labute approximate surface area is 83.4 Å². The molecule has 1 saturated carbocycles. The smallest absolute Gasteiger partial charge is 0.236 e. The van der Waals surface area contributed by atoms with E-state index < -0.39 is 6.04 Å². The van der Waals surface area contributed by atoms with Gasteiger partial charge >= 0.3 is 0 Å². The summed E-state index contributed by atoms with van der Waals surface area (Å²) in [4.78, 5) is 22.1. The van der Waals surface area contributed by atoms with Crippen LogP contribution in [-0.2, 0) is 9.59 Å². The highest BCUT2D eigenvalue weighted by molar-refractivity contribution is 5.82. The second-order valence-electron chi connectivity index (χ2n) is 3.65. The van der Waals surface area contributed by atoms with E-state index in [0.717, 1.165) is 12.8 Å². The summed E-state index contributed by atoms with van der Waals surface area (Å²) in [7, 11) is 0. The third-order valence-electron chi connectivity index (χ3n) is 2.09. The van der Waals surface area contributed by atoms with Crippen LogP contribution < -0.4 is 16.4 Å². The predicted octanol–water partition coefficient (Wildman–Crippen LogP) is -1.02. The molecule has 4 N–H and O–H groups in total. The summed E-state index contributed by atoms with van der Waals surface area (Å²) in [5.74, 6) is 0.129. The maximum absolute atomic E-state index is 11.1. The zero-order valence-electron chi connectivity index (χ0n) is 8.38. The Morgan fingerprint density at radius 1 is 1.36 bits per heavy atom. The Bertz CT molecular complexity index is 208. The van der Waals surface area contributed by atoms with E-state index in [2.05, 4.69) is 10.6 Å². The molecule has 0 aliphatic heterocycles. The van der Waals surface area contributed by atoms with Crippen molar-refractivity contribution < 1.29 is 9.59 Å². The van der Waals surface area contributed by atoms with Crippen LogP contribution in [0, 0.1) is 5.92 Å². The SMILES string of the molecule is C[C@@H](N)C(=O)NCCNC(=O)C1CC1. The van der Waals surface area contributed by atoms with Gasteiger partial charge < -0.3 is 16.4 Å². The molecular weight excluding hydrogens is 182 g/mol. The molecule has 0 aromatic heterocycles. The minimum absolute atomic E-state index is 0.0973. The molecule has 0 bridgehead atoms. The minimum Gasteiger partial charge on any atom is -0.354 e. The van der Waals surface area contributed by atoms with Gasteiger partial charge in [0, 0.05) is 19.0 Å². The molecule has 0 heterocycles. The molecule has 0 aromatic carbocycles. The standard InChI is InChI=1S/C9H17N3O2/c1-6(10)8(13)11-4-5-12-9(14)7-2-3-7/h6-7H,2-5,10H2,1H3,(H,11,13)(H,12,14)/t6-/m1/s1. The molecule has 80 valence electrons. The minimum atomic E-state index is -0.492. The number of amides is 2. The van der Waals surface area contributed by atoms with Crippen molar-refractivity contribution in [2.45, 2.75) is 25.8 Å². The Hall–Kier alpha value is -1.10. The van der Waals surface area contributed by atoms with Gasteiger partial charge in [-0.1, -0.05) is 0 Å². The first-order valence-corrected chi connectivity index (χ1v) is 4.92. The molecule has 5 heteroatoms. The Morgan fingerprint density at radius 3 is 2.43 bits per heavy atom. The summed E-state index contributed by atoms with van der Waals surface area (Å²) in [6, 6.07) is -0.492. The molecule has 1 rings (SSSR count). The average molecular weight is 199 g/mol. The van der Waals surface area contributed by atoms with Crippen molar-refractivity contribution in [3.8, 4) is 0 Å². The number of hydrogen-bond donors (Lipinski definition) is 3. The van der Waals surface area contributed by atoms with Crippen LogP contribution in [0.1, 0.15) is 19.8 Å². The van der Waals surface area contributed by atoms with Gasteiger partial charge in [-0.3, -0.25) is 9.59 Å². The first kappa shape index (κ1) is 11.0. The lowest BCUT2D eigenvalue weighted by molar-refractivity contribution is -0.123. The van der Waals surface area contributed by atoms with E-state index in [9.17, 15) is 9.59 Å². The fourth-order valence-electron chi connectivity index (χ4n) is 1.02. The predicted molar refractivity (Wildman–Crippen MR) is 52.4 cm³/mol. The molecule has 1 aliphatic carbocycles. The topological polar surface area (TPSA) is 84.2 Å². The van der Waals surface area contributed by atoms with Crippen LogP contribution in [0.3, 0.4) is 0 Å². The highest BCUT2D eigenvalue weighted by Crippen LogP contribution is 2.28. The summed E-state index contributed by atoms with van der Waals surface area (Å²) in [5.41, 5.74) is 5.34. The molecule has 14 heavy (non-hydrogen) atoms. The molecule has 0 unspecified atom stereocenters.